The largest absolute Gasteiger partial charge is 0.368 e. The maximum absolute atomic E-state index is 12.7. The van der Waals surface area contributed by atoms with E-state index in [4.69, 9.17) is 5.73 Å². The monoisotopic (exact) mass is 335 g/mol. The van der Waals surface area contributed by atoms with Gasteiger partial charge in [-0.3, -0.25) is 14.5 Å². The number of primary amides is 1. The molecule has 3 rings (SSSR count). The topological polar surface area (TPSA) is 66.6 Å². The lowest BCUT2D eigenvalue weighted by Crippen LogP contribution is -2.54. The Kier molecular flexibility index (Phi) is 4.73. The molecule has 1 saturated heterocycles. The fourth-order valence-corrected chi connectivity index (χ4v) is 4.64. The molecule has 1 aliphatic carbocycles. The zero-order valence-electron chi connectivity index (χ0n) is 13.9. The molecule has 2 amide bonds. The summed E-state index contributed by atoms with van der Waals surface area (Å²) in [6.07, 6.45) is 3.44. The number of nitrogens with two attached hydrogens (primary N) is 1. The molecule has 0 bridgehead atoms. The van der Waals surface area contributed by atoms with Gasteiger partial charge in [0.2, 0.25) is 5.91 Å². The van der Waals surface area contributed by atoms with Crippen LogP contribution in [0.4, 0.5) is 0 Å². The van der Waals surface area contributed by atoms with Gasteiger partial charge in [-0.05, 0) is 43.7 Å². The number of piperazine rings is 1. The quantitative estimate of drug-likeness (QED) is 0.910. The predicted molar refractivity (Wildman–Crippen MR) is 91.6 cm³/mol. The van der Waals surface area contributed by atoms with Crippen LogP contribution in [0.1, 0.15) is 40.4 Å². The molecule has 0 unspecified atom stereocenters. The van der Waals surface area contributed by atoms with E-state index in [1.807, 2.05) is 16.7 Å². The van der Waals surface area contributed by atoms with Crippen molar-refractivity contribution < 1.29 is 9.59 Å². The molecule has 1 aromatic heterocycles. The first kappa shape index (κ1) is 16.5. The highest BCUT2D eigenvalue weighted by Gasteiger charge is 2.28. The Morgan fingerprint density at radius 1 is 1.30 bits per heavy atom. The number of carbonyl (C=O) groups excluding carboxylic acids is 2. The summed E-state index contributed by atoms with van der Waals surface area (Å²) in [5, 5.41) is 0. The van der Waals surface area contributed by atoms with Crippen LogP contribution in [0.5, 0.6) is 0 Å². The molecule has 6 heteroatoms. The Morgan fingerprint density at radius 2 is 2.00 bits per heavy atom. The lowest BCUT2D eigenvalue weighted by Gasteiger charge is -2.36. The fourth-order valence-electron chi connectivity index (χ4n) is 3.46. The molecule has 1 aromatic rings. The summed E-state index contributed by atoms with van der Waals surface area (Å²) in [7, 11) is 0. The first-order valence-electron chi connectivity index (χ1n) is 8.40. The Bertz CT molecular complexity index is 605. The van der Waals surface area contributed by atoms with Crippen LogP contribution in [0.25, 0.3) is 0 Å². The Hall–Kier alpha value is -1.40. The zero-order valence-corrected chi connectivity index (χ0v) is 14.7. The third-order valence-corrected chi connectivity index (χ3v) is 6.33. The average molecular weight is 335 g/mol. The molecular formula is C17H25N3O2S. The number of carbonyl (C=O) groups is 2. The maximum atomic E-state index is 12.7. The van der Waals surface area contributed by atoms with Crippen LogP contribution < -0.4 is 5.73 Å². The van der Waals surface area contributed by atoms with Crippen LogP contribution in [0, 0.1) is 5.92 Å². The normalized spacial score (nSPS) is 23.4. The van der Waals surface area contributed by atoms with Gasteiger partial charge in [0.25, 0.3) is 5.91 Å². The highest BCUT2D eigenvalue weighted by atomic mass is 32.1. The molecule has 2 heterocycles. The van der Waals surface area contributed by atoms with Gasteiger partial charge in [-0.15, -0.1) is 11.3 Å². The van der Waals surface area contributed by atoms with Gasteiger partial charge >= 0.3 is 0 Å². The molecular weight excluding hydrogens is 310 g/mol. The molecule has 126 valence electrons. The van der Waals surface area contributed by atoms with Crippen LogP contribution >= 0.6 is 11.3 Å². The van der Waals surface area contributed by atoms with Crippen LogP contribution in [-0.2, 0) is 17.6 Å². The van der Waals surface area contributed by atoms with Crippen molar-refractivity contribution in [3.8, 4) is 0 Å². The van der Waals surface area contributed by atoms with E-state index in [0.717, 1.165) is 23.6 Å². The molecule has 0 saturated carbocycles. The third kappa shape index (κ3) is 3.43. The second kappa shape index (κ2) is 6.61. The van der Waals surface area contributed by atoms with Gasteiger partial charge in [-0.2, -0.15) is 0 Å². The minimum absolute atomic E-state index is 0.142. The van der Waals surface area contributed by atoms with E-state index < -0.39 is 0 Å². The lowest BCUT2D eigenvalue weighted by atomic mass is 9.90. The first-order chi connectivity index (χ1) is 11.0. The Labute approximate surface area is 141 Å². The highest BCUT2D eigenvalue weighted by Crippen LogP contribution is 2.32. The van der Waals surface area contributed by atoms with E-state index >= 15 is 0 Å². The van der Waals surface area contributed by atoms with Gasteiger partial charge in [0.1, 0.15) is 0 Å². The summed E-state index contributed by atoms with van der Waals surface area (Å²) in [6, 6.07) is 1.85. The molecule has 1 aliphatic heterocycles. The van der Waals surface area contributed by atoms with Crippen molar-refractivity contribution in [3.05, 3.63) is 21.4 Å². The van der Waals surface area contributed by atoms with Gasteiger partial charge in [0.05, 0.1) is 10.9 Å². The van der Waals surface area contributed by atoms with Crippen LogP contribution in [0.15, 0.2) is 6.07 Å². The minimum atomic E-state index is -0.301. The van der Waals surface area contributed by atoms with Crippen molar-refractivity contribution in [2.24, 2.45) is 11.7 Å². The molecule has 0 radical (unpaired) electrons. The lowest BCUT2D eigenvalue weighted by molar-refractivity contribution is -0.123. The van der Waals surface area contributed by atoms with E-state index in [-0.39, 0.29) is 17.9 Å². The van der Waals surface area contributed by atoms with Crippen LogP contribution in [0.3, 0.4) is 0 Å². The van der Waals surface area contributed by atoms with Gasteiger partial charge in [-0.25, -0.2) is 0 Å². The number of fused-ring (bicyclic) bond motifs is 1. The molecule has 0 aromatic carbocycles. The molecule has 23 heavy (non-hydrogen) atoms. The van der Waals surface area contributed by atoms with Gasteiger partial charge in [0, 0.05) is 31.1 Å². The third-order valence-electron chi connectivity index (χ3n) is 5.10. The number of thiophene rings is 1. The van der Waals surface area contributed by atoms with E-state index in [0.29, 0.717) is 26.2 Å². The standard InChI is InChI=1S/C17H25N3O2S/c1-11-3-4-14-13(9-11)10-15(23-14)17(22)20-7-5-19(6-8-20)12(2)16(18)21/h10-12H,3-9H2,1-2H3,(H2,18,21)/t11-,12+/m0/s1. The maximum Gasteiger partial charge on any atom is 0.264 e. The number of aryl methyl sites for hydroxylation is 1. The van der Waals surface area contributed by atoms with Gasteiger partial charge < -0.3 is 10.6 Å². The smallest absolute Gasteiger partial charge is 0.264 e. The molecule has 2 N–H and O–H groups in total. The van der Waals surface area contributed by atoms with Gasteiger partial charge in [0.15, 0.2) is 0 Å². The number of amides is 2. The summed E-state index contributed by atoms with van der Waals surface area (Å²) in [4.78, 5) is 30.2. The van der Waals surface area contributed by atoms with Crippen LogP contribution in [0.2, 0.25) is 0 Å². The fraction of sp³-hybridized carbons (Fsp3) is 0.647. The summed E-state index contributed by atoms with van der Waals surface area (Å²) < 4.78 is 0. The van der Waals surface area contributed by atoms with Crippen molar-refractivity contribution >= 4 is 23.2 Å². The summed E-state index contributed by atoms with van der Waals surface area (Å²) in [6.45, 7) is 6.84. The number of hydrogen-bond acceptors (Lipinski definition) is 4. The minimum Gasteiger partial charge on any atom is -0.368 e. The molecule has 2 atom stereocenters. The predicted octanol–water partition coefficient (Wildman–Crippen LogP) is 1.50. The first-order valence-corrected chi connectivity index (χ1v) is 9.21. The summed E-state index contributed by atoms with van der Waals surface area (Å²) >= 11 is 1.67. The number of nitrogens with zero attached hydrogens (tertiary/aromatic N) is 2. The molecule has 2 aliphatic rings. The Balaban J connectivity index is 1.63. The number of rotatable bonds is 3. The van der Waals surface area contributed by atoms with E-state index in [1.54, 1.807) is 11.3 Å². The van der Waals surface area contributed by atoms with Crippen molar-refractivity contribution in [1.29, 1.82) is 0 Å². The van der Waals surface area contributed by atoms with E-state index in [9.17, 15) is 9.59 Å². The van der Waals surface area contributed by atoms with E-state index in [1.165, 1.54) is 16.9 Å². The summed E-state index contributed by atoms with van der Waals surface area (Å²) in [5.41, 5.74) is 6.73. The average Bonchev–Trinajstić information content (AvgIpc) is 2.96. The van der Waals surface area contributed by atoms with Crippen molar-refractivity contribution in [2.45, 2.75) is 39.2 Å². The summed E-state index contributed by atoms with van der Waals surface area (Å²) in [5.74, 6) is 0.562. The number of hydrogen-bond donors (Lipinski definition) is 1. The van der Waals surface area contributed by atoms with Crippen molar-refractivity contribution in [1.82, 2.24) is 9.80 Å². The Morgan fingerprint density at radius 3 is 2.65 bits per heavy atom. The second-order valence-corrected chi connectivity index (χ2v) is 7.95. The van der Waals surface area contributed by atoms with E-state index in [2.05, 4.69) is 13.0 Å². The van der Waals surface area contributed by atoms with Crippen LogP contribution in [-0.4, -0.2) is 53.8 Å². The SMILES string of the molecule is C[C@H]1CCc2sc(C(=O)N3CCN([C@H](C)C(N)=O)CC3)cc2C1. The van der Waals surface area contributed by atoms with Crippen molar-refractivity contribution in [2.75, 3.05) is 26.2 Å². The van der Waals surface area contributed by atoms with Crippen molar-refractivity contribution in [3.63, 3.8) is 0 Å². The molecule has 5 nitrogen and oxygen atoms in total. The molecule has 0 spiro atoms. The molecule has 1 fully saturated rings. The second-order valence-electron chi connectivity index (χ2n) is 6.81. The zero-order chi connectivity index (χ0) is 16.6. The highest BCUT2D eigenvalue weighted by molar-refractivity contribution is 7.14. The van der Waals surface area contributed by atoms with Gasteiger partial charge in [-0.1, -0.05) is 6.92 Å².